The lowest BCUT2D eigenvalue weighted by molar-refractivity contribution is 0.0996. The molecule has 1 amide bonds. The van der Waals surface area contributed by atoms with Crippen LogP contribution >= 0.6 is 0 Å². The van der Waals surface area contributed by atoms with E-state index >= 15 is 0 Å². The van der Waals surface area contributed by atoms with Gasteiger partial charge in [-0.2, -0.15) is 0 Å². The van der Waals surface area contributed by atoms with Crippen LogP contribution in [0.4, 0.5) is 5.69 Å². The molecule has 0 radical (unpaired) electrons. The second-order valence-corrected chi connectivity index (χ2v) is 3.97. The molecule has 0 bridgehead atoms. The normalized spacial score (nSPS) is 9.58. The third-order valence-electron chi connectivity index (χ3n) is 2.57. The van der Waals surface area contributed by atoms with E-state index in [0.29, 0.717) is 12.2 Å². The first-order valence-corrected chi connectivity index (χ1v) is 5.85. The number of benzene rings is 1. The van der Waals surface area contributed by atoms with Crippen LogP contribution in [0.5, 0.6) is 0 Å². The number of aryl methyl sites for hydroxylation is 1. The highest BCUT2D eigenvalue weighted by molar-refractivity contribution is 6.02. The van der Waals surface area contributed by atoms with E-state index in [1.165, 1.54) is 6.26 Å². The van der Waals surface area contributed by atoms with Crippen molar-refractivity contribution in [2.45, 2.75) is 6.92 Å². The SMILES string of the molecule is Cc1ccc(C#CCN)cc1NC(=O)c1ccco1. The van der Waals surface area contributed by atoms with E-state index < -0.39 is 0 Å². The van der Waals surface area contributed by atoms with Crippen LogP contribution in [-0.4, -0.2) is 12.5 Å². The Bertz CT molecular complexity index is 634. The predicted octanol–water partition coefficient (Wildman–Crippen LogP) is 2.15. The van der Waals surface area contributed by atoms with Crippen molar-refractivity contribution < 1.29 is 9.21 Å². The number of hydrogen-bond donors (Lipinski definition) is 2. The molecule has 0 saturated carbocycles. The molecule has 19 heavy (non-hydrogen) atoms. The smallest absolute Gasteiger partial charge is 0.291 e. The molecule has 0 fully saturated rings. The van der Waals surface area contributed by atoms with Crippen LogP contribution < -0.4 is 11.1 Å². The van der Waals surface area contributed by atoms with Crippen molar-refractivity contribution in [3.05, 3.63) is 53.5 Å². The van der Waals surface area contributed by atoms with Crippen LogP contribution in [0.2, 0.25) is 0 Å². The number of furan rings is 1. The van der Waals surface area contributed by atoms with E-state index in [1.54, 1.807) is 12.1 Å². The molecule has 0 spiro atoms. The molecule has 96 valence electrons. The van der Waals surface area contributed by atoms with Crippen molar-refractivity contribution in [1.29, 1.82) is 0 Å². The predicted molar refractivity (Wildman–Crippen MR) is 73.8 cm³/mol. The number of carbonyl (C=O) groups excluding carboxylic acids is 1. The topological polar surface area (TPSA) is 68.3 Å². The second-order valence-electron chi connectivity index (χ2n) is 3.97. The van der Waals surface area contributed by atoms with E-state index in [9.17, 15) is 4.79 Å². The molecule has 1 aromatic carbocycles. The van der Waals surface area contributed by atoms with Crippen LogP contribution in [0.3, 0.4) is 0 Å². The summed E-state index contributed by atoms with van der Waals surface area (Å²) in [6, 6.07) is 8.89. The van der Waals surface area contributed by atoms with E-state index in [0.717, 1.165) is 11.1 Å². The van der Waals surface area contributed by atoms with Gasteiger partial charge in [-0.25, -0.2) is 0 Å². The van der Waals surface area contributed by atoms with E-state index in [1.807, 2.05) is 25.1 Å². The van der Waals surface area contributed by atoms with Gasteiger partial charge in [-0.05, 0) is 36.8 Å². The molecule has 0 aliphatic carbocycles. The molecular formula is C15H14N2O2. The summed E-state index contributed by atoms with van der Waals surface area (Å²) in [5, 5.41) is 2.80. The fourth-order valence-corrected chi connectivity index (χ4v) is 1.58. The van der Waals surface area contributed by atoms with E-state index in [4.69, 9.17) is 10.2 Å². The molecule has 1 heterocycles. The standard InChI is InChI=1S/C15H14N2O2/c1-11-6-7-12(4-2-8-16)10-13(11)17-15(18)14-5-3-9-19-14/h3,5-7,9-10H,8,16H2,1H3,(H,17,18). The van der Waals surface area contributed by atoms with Gasteiger partial charge in [0.2, 0.25) is 0 Å². The Kier molecular flexibility index (Phi) is 4.01. The monoisotopic (exact) mass is 254 g/mol. The molecule has 4 nitrogen and oxygen atoms in total. The first kappa shape index (κ1) is 12.9. The third-order valence-corrected chi connectivity index (χ3v) is 2.57. The van der Waals surface area contributed by atoms with Gasteiger partial charge in [0.05, 0.1) is 12.8 Å². The average Bonchev–Trinajstić information content (AvgIpc) is 2.93. The number of hydrogen-bond acceptors (Lipinski definition) is 3. The summed E-state index contributed by atoms with van der Waals surface area (Å²) in [7, 11) is 0. The third kappa shape index (κ3) is 3.24. The van der Waals surface area contributed by atoms with Crippen molar-refractivity contribution in [3.8, 4) is 11.8 Å². The number of rotatable bonds is 2. The molecule has 0 aliphatic rings. The number of nitrogens with two attached hydrogens (primary N) is 1. The van der Waals surface area contributed by atoms with Gasteiger partial charge in [-0.3, -0.25) is 4.79 Å². The van der Waals surface area contributed by atoms with Crippen LogP contribution in [0.1, 0.15) is 21.7 Å². The summed E-state index contributed by atoms with van der Waals surface area (Å²) in [5.74, 6) is 5.70. The summed E-state index contributed by atoms with van der Waals surface area (Å²) in [4.78, 5) is 11.9. The summed E-state index contributed by atoms with van der Waals surface area (Å²) in [6.45, 7) is 2.22. The Hall–Kier alpha value is -2.51. The number of nitrogens with one attached hydrogen (secondary N) is 1. The van der Waals surface area contributed by atoms with Gasteiger partial charge in [0.15, 0.2) is 5.76 Å². The first-order valence-electron chi connectivity index (χ1n) is 5.85. The number of carbonyl (C=O) groups is 1. The van der Waals surface area contributed by atoms with Gasteiger partial charge in [-0.1, -0.05) is 17.9 Å². The van der Waals surface area contributed by atoms with Crippen molar-refractivity contribution in [2.24, 2.45) is 5.73 Å². The van der Waals surface area contributed by atoms with Gasteiger partial charge in [-0.15, -0.1) is 0 Å². The summed E-state index contributed by atoms with van der Waals surface area (Å²) < 4.78 is 5.05. The number of amides is 1. The lowest BCUT2D eigenvalue weighted by Gasteiger charge is -2.07. The lowest BCUT2D eigenvalue weighted by atomic mass is 10.1. The largest absolute Gasteiger partial charge is 0.459 e. The van der Waals surface area contributed by atoms with Crippen molar-refractivity contribution in [3.63, 3.8) is 0 Å². The van der Waals surface area contributed by atoms with Gasteiger partial charge in [0.1, 0.15) is 0 Å². The highest BCUT2D eigenvalue weighted by Gasteiger charge is 2.10. The Morgan fingerprint density at radius 1 is 1.42 bits per heavy atom. The Morgan fingerprint density at radius 3 is 2.95 bits per heavy atom. The zero-order valence-corrected chi connectivity index (χ0v) is 10.6. The molecule has 0 atom stereocenters. The molecule has 2 aromatic rings. The summed E-state index contributed by atoms with van der Waals surface area (Å²) in [6.07, 6.45) is 1.46. The zero-order valence-electron chi connectivity index (χ0n) is 10.6. The highest BCUT2D eigenvalue weighted by Crippen LogP contribution is 2.17. The maximum Gasteiger partial charge on any atom is 0.291 e. The highest BCUT2D eigenvalue weighted by atomic mass is 16.3. The first-order chi connectivity index (χ1) is 9.20. The van der Waals surface area contributed by atoms with Crippen LogP contribution in [0.25, 0.3) is 0 Å². The second kappa shape index (κ2) is 5.89. The van der Waals surface area contributed by atoms with Crippen molar-refractivity contribution in [1.82, 2.24) is 0 Å². The average molecular weight is 254 g/mol. The quantitative estimate of drug-likeness (QED) is 0.807. The summed E-state index contributed by atoms with van der Waals surface area (Å²) >= 11 is 0. The van der Waals surface area contributed by atoms with Gasteiger partial charge in [0, 0.05) is 11.3 Å². The Balaban J connectivity index is 2.22. The molecule has 0 unspecified atom stereocenters. The fraction of sp³-hybridized carbons (Fsp3) is 0.133. The zero-order chi connectivity index (χ0) is 13.7. The summed E-state index contributed by atoms with van der Waals surface area (Å²) in [5.41, 5.74) is 7.81. The minimum atomic E-state index is -0.281. The molecule has 1 aromatic heterocycles. The molecule has 0 saturated heterocycles. The van der Waals surface area contributed by atoms with Crippen molar-refractivity contribution >= 4 is 11.6 Å². The maximum absolute atomic E-state index is 11.9. The van der Waals surface area contributed by atoms with Gasteiger partial charge in [0.25, 0.3) is 5.91 Å². The van der Waals surface area contributed by atoms with Crippen LogP contribution in [0.15, 0.2) is 41.0 Å². The van der Waals surface area contributed by atoms with E-state index in [2.05, 4.69) is 17.2 Å². The Morgan fingerprint density at radius 2 is 2.26 bits per heavy atom. The maximum atomic E-state index is 11.9. The molecule has 0 aliphatic heterocycles. The minimum absolute atomic E-state index is 0.276. The minimum Gasteiger partial charge on any atom is -0.459 e. The van der Waals surface area contributed by atoms with Gasteiger partial charge < -0.3 is 15.5 Å². The van der Waals surface area contributed by atoms with Crippen LogP contribution in [0, 0.1) is 18.8 Å². The number of anilines is 1. The molecular weight excluding hydrogens is 240 g/mol. The lowest BCUT2D eigenvalue weighted by Crippen LogP contribution is -2.11. The van der Waals surface area contributed by atoms with Crippen LogP contribution in [-0.2, 0) is 0 Å². The molecule has 4 heteroatoms. The molecule has 3 N–H and O–H groups in total. The molecule has 2 rings (SSSR count). The Labute approximate surface area is 111 Å². The fourth-order valence-electron chi connectivity index (χ4n) is 1.58. The van der Waals surface area contributed by atoms with Gasteiger partial charge >= 0.3 is 0 Å². The van der Waals surface area contributed by atoms with E-state index in [-0.39, 0.29) is 11.7 Å². The van der Waals surface area contributed by atoms with Crippen molar-refractivity contribution in [2.75, 3.05) is 11.9 Å².